The Hall–Kier alpha value is -3.64. The summed E-state index contributed by atoms with van der Waals surface area (Å²) < 4.78 is 11.4. The van der Waals surface area contributed by atoms with Crippen LogP contribution in [0.25, 0.3) is 0 Å². The standard InChI is InChI=1S/C26H26N2O4/c29-25(15-17-31-22-7-2-1-3-8-22)28-21-12-10-20(11-13-21)26(30)27-18-24-23-9-5-4-6-19(23)14-16-32-24/h1-13,24H,14-18H2,(H,27,30)(H,28,29)/t24-/m1/s1. The van der Waals surface area contributed by atoms with E-state index in [2.05, 4.69) is 16.7 Å². The fourth-order valence-electron chi connectivity index (χ4n) is 3.64. The molecule has 0 spiro atoms. The molecule has 3 aromatic rings. The van der Waals surface area contributed by atoms with Gasteiger partial charge in [-0.2, -0.15) is 0 Å². The monoisotopic (exact) mass is 430 g/mol. The zero-order valence-corrected chi connectivity index (χ0v) is 17.8. The van der Waals surface area contributed by atoms with E-state index in [0.717, 1.165) is 17.7 Å². The molecule has 1 heterocycles. The summed E-state index contributed by atoms with van der Waals surface area (Å²) in [6.07, 6.45) is 0.993. The number of fused-ring (bicyclic) bond motifs is 1. The van der Waals surface area contributed by atoms with Crippen LogP contribution in [0, 0.1) is 0 Å². The topological polar surface area (TPSA) is 76.7 Å². The number of rotatable bonds is 8. The second kappa shape index (κ2) is 10.6. The van der Waals surface area contributed by atoms with Crippen molar-refractivity contribution in [2.24, 2.45) is 0 Å². The second-order valence-corrected chi connectivity index (χ2v) is 7.56. The SMILES string of the molecule is O=C(CCOc1ccccc1)Nc1ccc(C(=O)NC[C@H]2OCCc3ccccc32)cc1. The summed E-state index contributed by atoms with van der Waals surface area (Å²) in [7, 11) is 0. The third-order valence-electron chi connectivity index (χ3n) is 5.31. The zero-order valence-electron chi connectivity index (χ0n) is 17.8. The first-order valence-corrected chi connectivity index (χ1v) is 10.7. The Morgan fingerprint density at radius 1 is 0.938 bits per heavy atom. The summed E-state index contributed by atoms with van der Waals surface area (Å²) in [4.78, 5) is 24.7. The molecule has 2 amide bonds. The summed E-state index contributed by atoms with van der Waals surface area (Å²) in [6.45, 7) is 1.36. The van der Waals surface area contributed by atoms with Crippen LogP contribution >= 0.6 is 0 Å². The number of amides is 2. The van der Waals surface area contributed by atoms with Crippen molar-refractivity contribution in [2.75, 3.05) is 25.1 Å². The maximum Gasteiger partial charge on any atom is 0.251 e. The van der Waals surface area contributed by atoms with Gasteiger partial charge in [0.15, 0.2) is 0 Å². The maximum absolute atomic E-state index is 12.5. The number of hydrogen-bond donors (Lipinski definition) is 2. The van der Waals surface area contributed by atoms with Crippen LogP contribution < -0.4 is 15.4 Å². The molecule has 0 fully saturated rings. The molecule has 0 radical (unpaired) electrons. The largest absolute Gasteiger partial charge is 0.493 e. The summed E-state index contributed by atoms with van der Waals surface area (Å²) in [5.74, 6) is 0.412. The van der Waals surface area contributed by atoms with Gasteiger partial charge in [-0.15, -0.1) is 0 Å². The predicted octanol–water partition coefficient (Wildman–Crippen LogP) is 4.14. The zero-order chi connectivity index (χ0) is 22.2. The Labute approximate surface area is 187 Å². The molecule has 164 valence electrons. The Kier molecular flexibility index (Phi) is 7.15. The highest BCUT2D eigenvalue weighted by atomic mass is 16.5. The van der Waals surface area contributed by atoms with Crippen molar-refractivity contribution in [3.8, 4) is 5.75 Å². The van der Waals surface area contributed by atoms with E-state index in [4.69, 9.17) is 9.47 Å². The average Bonchev–Trinajstić information content (AvgIpc) is 2.83. The lowest BCUT2D eigenvalue weighted by molar-refractivity contribution is -0.116. The molecular formula is C26H26N2O4. The molecule has 1 aliphatic heterocycles. The van der Waals surface area contributed by atoms with Crippen LogP contribution in [0.3, 0.4) is 0 Å². The van der Waals surface area contributed by atoms with Crippen LogP contribution in [0.4, 0.5) is 5.69 Å². The van der Waals surface area contributed by atoms with Crippen molar-refractivity contribution >= 4 is 17.5 Å². The number of nitrogens with one attached hydrogen (secondary N) is 2. The number of hydrogen-bond acceptors (Lipinski definition) is 4. The van der Waals surface area contributed by atoms with E-state index < -0.39 is 0 Å². The molecule has 2 N–H and O–H groups in total. The Morgan fingerprint density at radius 2 is 1.69 bits per heavy atom. The normalized spacial score (nSPS) is 14.8. The summed E-state index contributed by atoms with van der Waals surface area (Å²) in [5, 5.41) is 5.76. The molecule has 1 aliphatic rings. The molecule has 4 rings (SSSR count). The van der Waals surface area contributed by atoms with Gasteiger partial charge in [-0.3, -0.25) is 9.59 Å². The van der Waals surface area contributed by atoms with E-state index in [1.807, 2.05) is 48.5 Å². The fraction of sp³-hybridized carbons (Fsp3) is 0.231. The quantitative estimate of drug-likeness (QED) is 0.563. The predicted molar refractivity (Wildman–Crippen MR) is 123 cm³/mol. The second-order valence-electron chi connectivity index (χ2n) is 7.56. The molecule has 0 aromatic heterocycles. The van der Waals surface area contributed by atoms with E-state index in [0.29, 0.717) is 31.0 Å². The lowest BCUT2D eigenvalue weighted by atomic mass is 9.97. The van der Waals surface area contributed by atoms with Crippen LogP contribution in [0.15, 0.2) is 78.9 Å². The van der Waals surface area contributed by atoms with Crippen molar-refractivity contribution in [3.63, 3.8) is 0 Å². The highest BCUT2D eigenvalue weighted by Gasteiger charge is 2.21. The summed E-state index contributed by atoms with van der Waals surface area (Å²) >= 11 is 0. The van der Waals surface area contributed by atoms with Gasteiger partial charge in [0.1, 0.15) is 11.9 Å². The van der Waals surface area contributed by atoms with E-state index in [9.17, 15) is 9.59 Å². The van der Waals surface area contributed by atoms with Crippen molar-refractivity contribution in [2.45, 2.75) is 18.9 Å². The van der Waals surface area contributed by atoms with Gasteiger partial charge in [0.25, 0.3) is 5.91 Å². The van der Waals surface area contributed by atoms with E-state index in [1.165, 1.54) is 5.56 Å². The third kappa shape index (κ3) is 5.74. The van der Waals surface area contributed by atoms with Crippen molar-refractivity contribution in [1.29, 1.82) is 0 Å². The van der Waals surface area contributed by atoms with E-state index >= 15 is 0 Å². The van der Waals surface area contributed by atoms with Gasteiger partial charge in [-0.1, -0.05) is 42.5 Å². The number of ether oxygens (including phenoxy) is 2. The molecule has 0 saturated carbocycles. The minimum absolute atomic E-state index is 0.138. The van der Waals surface area contributed by atoms with E-state index in [1.54, 1.807) is 24.3 Å². The van der Waals surface area contributed by atoms with Crippen molar-refractivity contribution in [3.05, 3.63) is 95.6 Å². The third-order valence-corrected chi connectivity index (χ3v) is 5.31. The molecule has 6 heteroatoms. The van der Waals surface area contributed by atoms with Gasteiger partial charge in [0, 0.05) is 17.8 Å². The van der Waals surface area contributed by atoms with Crippen LogP contribution in [0.2, 0.25) is 0 Å². The number of carbonyl (C=O) groups excluding carboxylic acids is 2. The van der Waals surface area contributed by atoms with Crippen LogP contribution in [-0.2, 0) is 16.0 Å². The van der Waals surface area contributed by atoms with Gasteiger partial charge in [-0.05, 0) is 53.9 Å². The fourth-order valence-corrected chi connectivity index (χ4v) is 3.64. The van der Waals surface area contributed by atoms with Gasteiger partial charge in [0.2, 0.25) is 5.91 Å². The molecule has 0 aliphatic carbocycles. The van der Waals surface area contributed by atoms with Crippen molar-refractivity contribution < 1.29 is 19.1 Å². The van der Waals surface area contributed by atoms with Crippen LogP contribution in [-0.4, -0.2) is 31.6 Å². The number of benzene rings is 3. The first-order chi connectivity index (χ1) is 15.7. The molecule has 3 aromatic carbocycles. The van der Waals surface area contributed by atoms with Crippen molar-refractivity contribution in [1.82, 2.24) is 5.32 Å². The Balaban J connectivity index is 1.23. The highest BCUT2D eigenvalue weighted by molar-refractivity contribution is 5.95. The molecule has 0 saturated heterocycles. The average molecular weight is 431 g/mol. The lowest BCUT2D eigenvalue weighted by Gasteiger charge is -2.26. The first-order valence-electron chi connectivity index (χ1n) is 10.7. The molecular weight excluding hydrogens is 404 g/mol. The molecule has 0 unspecified atom stereocenters. The minimum atomic E-state index is -0.175. The molecule has 1 atom stereocenters. The molecule has 6 nitrogen and oxygen atoms in total. The van der Waals surface area contributed by atoms with E-state index in [-0.39, 0.29) is 24.3 Å². The maximum atomic E-state index is 12.5. The van der Waals surface area contributed by atoms with Crippen LogP contribution in [0.1, 0.15) is 34.0 Å². The van der Waals surface area contributed by atoms with Gasteiger partial charge < -0.3 is 20.1 Å². The van der Waals surface area contributed by atoms with Crippen LogP contribution in [0.5, 0.6) is 5.75 Å². The Bertz CT molecular complexity index is 1050. The number of para-hydroxylation sites is 1. The first kappa shape index (κ1) is 21.6. The van der Waals surface area contributed by atoms with Gasteiger partial charge >= 0.3 is 0 Å². The molecule has 32 heavy (non-hydrogen) atoms. The van der Waals surface area contributed by atoms with Gasteiger partial charge in [0.05, 0.1) is 19.6 Å². The smallest absolute Gasteiger partial charge is 0.251 e. The molecule has 0 bridgehead atoms. The Morgan fingerprint density at radius 3 is 2.50 bits per heavy atom. The number of anilines is 1. The highest BCUT2D eigenvalue weighted by Crippen LogP contribution is 2.26. The number of carbonyl (C=O) groups is 2. The summed E-state index contributed by atoms with van der Waals surface area (Å²) in [6, 6.07) is 24.4. The van der Waals surface area contributed by atoms with Gasteiger partial charge in [-0.25, -0.2) is 0 Å². The minimum Gasteiger partial charge on any atom is -0.493 e. The summed E-state index contributed by atoms with van der Waals surface area (Å²) in [5.41, 5.74) is 3.57. The lowest BCUT2D eigenvalue weighted by Crippen LogP contribution is -2.31.